The van der Waals surface area contributed by atoms with Gasteiger partial charge in [0.2, 0.25) is 5.91 Å². The Balaban J connectivity index is 1.66. The number of ether oxygens (including phenoxy) is 1. The first kappa shape index (κ1) is 22.2. The summed E-state index contributed by atoms with van der Waals surface area (Å²) in [7, 11) is 0. The largest absolute Gasteiger partial charge is 0.482 e. The van der Waals surface area contributed by atoms with Crippen molar-refractivity contribution in [2.24, 2.45) is 0 Å². The Morgan fingerprint density at radius 2 is 2.00 bits per heavy atom. The summed E-state index contributed by atoms with van der Waals surface area (Å²) in [4.78, 5) is 12.3. The van der Waals surface area contributed by atoms with Crippen molar-refractivity contribution in [1.82, 2.24) is 14.8 Å². The van der Waals surface area contributed by atoms with Gasteiger partial charge in [-0.1, -0.05) is 41.6 Å². The Morgan fingerprint density at radius 1 is 1.23 bits per heavy atom. The number of carbonyl (C=O) groups excluding carboxylic acids is 1. The van der Waals surface area contributed by atoms with Crippen molar-refractivity contribution < 1.29 is 9.53 Å². The van der Waals surface area contributed by atoms with Gasteiger partial charge in [-0.15, -0.1) is 10.2 Å². The molecule has 1 aromatic heterocycles. The Kier molecular flexibility index (Phi) is 7.39. The lowest BCUT2D eigenvalue weighted by Gasteiger charge is -2.17. The lowest BCUT2D eigenvalue weighted by molar-refractivity contribution is -0.113. The number of benzene rings is 2. The maximum Gasteiger partial charge on any atom is 0.234 e. The first-order valence-corrected chi connectivity index (χ1v) is 11.1. The summed E-state index contributed by atoms with van der Waals surface area (Å²) >= 11 is 7.30. The standard InChI is InChI=1S/C22H25ClN4O2S/c1-5-27-21(16(4)29-19-11-6-8-14(2)15(19)3)25-26-22(27)30-13-20(28)24-18-10-7-9-17(23)12-18/h6-12,16H,5,13H2,1-4H3,(H,24,28). The van der Waals surface area contributed by atoms with Gasteiger partial charge in [-0.2, -0.15) is 0 Å². The fourth-order valence-electron chi connectivity index (χ4n) is 2.99. The van der Waals surface area contributed by atoms with E-state index < -0.39 is 0 Å². The molecule has 0 fully saturated rings. The van der Waals surface area contributed by atoms with Gasteiger partial charge in [-0.05, 0) is 63.1 Å². The van der Waals surface area contributed by atoms with E-state index in [4.69, 9.17) is 16.3 Å². The predicted molar refractivity (Wildman–Crippen MR) is 121 cm³/mol. The molecule has 6 nitrogen and oxygen atoms in total. The number of anilines is 1. The van der Waals surface area contributed by atoms with Gasteiger partial charge in [0, 0.05) is 17.3 Å². The number of amides is 1. The molecule has 0 aliphatic rings. The molecular weight excluding hydrogens is 420 g/mol. The maximum atomic E-state index is 12.3. The molecule has 1 unspecified atom stereocenters. The molecule has 0 saturated carbocycles. The summed E-state index contributed by atoms with van der Waals surface area (Å²) in [6.07, 6.45) is -0.271. The minimum Gasteiger partial charge on any atom is -0.482 e. The number of rotatable bonds is 8. The average molecular weight is 445 g/mol. The van der Waals surface area contributed by atoms with E-state index in [0.717, 1.165) is 17.1 Å². The van der Waals surface area contributed by atoms with E-state index in [0.29, 0.717) is 22.4 Å². The summed E-state index contributed by atoms with van der Waals surface area (Å²) in [6.45, 7) is 8.76. The van der Waals surface area contributed by atoms with Crippen LogP contribution in [-0.4, -0.2) is 26.4 Å². The van der Waals surface area contributed by atoms with E-state index >= 15 is 0 Å². The molecule has 0 bridgehead atoms. The van der Waals surface area contributed by atoms with Crippen molar-refractivity contribution in [3.8, 4) is 5.75 Å². The van der Waals surface area contributed by atoms with Crippen molar-refractivity contribution in [3.63, 3.8) is 0 Å². The predicted octanol–water partition coefficient (Wildman–Crippen LogP) is 5.44. The number of halogens is 1. The van der Waals surface area contributed by atoms with E-state index in [-0.39, 0.29) is 17.8 Å². The number of aryl methyl sites for hydroxylation is 1. The highest BCUT2D eigenvalue weighted by Gasteiger charge is 2.20. The Hall–Kier alpha value is -2.51. The zero-order valence-electron chi connectivity index (χ0n) is 17.5. The molecule has 8 heteroatoms. The SMILES string of the molecule is CCn1c(SCC(=O)Nc2cccc(Cl)c2)nnc1C(C)Oc1cccc(C)c1C. The summed E-state index contributed by atoms with van der Waals surface area (Å²) < 4.78 is 8.14. The highest BCUT2D eigenvalue weighted by molar-refractivity contribution is 7.99. The molecule has 3 aromatic rings. The average Bonchev–Trinajstić information content (AvgIpc) is 3.13. The summed E-state index contributed by atoms with van der Waals surface area (Å²) in [6, 6.07) is 13.1. The van der Waals surface area contributed by atoms with Gasteiger partial charge >= 0.3 is 0 Å². The Morgan fingerprint density at radius 3 is 2.73 bits per heavy atom. The van der Waals surface area contributed by atoms with Crippen LogP contribution in [0.25, 0.3) is 0 Å². The molecule has 0 aliphatic carbocycles. The zero-order chi connectivity index (χ0) is 21.7. The molecule has 1 N–H and O–H groups in total. The minimum absolute atomic E-state index is 0.130. The van der Waals surface area contributed by atoms with Crippen LogP contribution in [0.4, 0.5) is 5.69 Å². The van der Waals surface area contributed by atoms with Crippen LogP contribution >= 0.6 is 23.4 Å². The quantitative estimate of drug-likeness (QED) is 0.468. The van der Waals surface area contributed by atoms with Gasteiger partial charge in [0.25, 0.3) is 0 Å². The monoisotopic (exact) mass is 444 g/mol. The van der Waals surface area contributed by atoms with Crippen LogP contribution in [0.3, 0.4) is 0 Å². The second-order valence-electron chi connectivity index (χ2n) is 6.89. The number of hydrogen-bond acceptors (Lipinski definition) is 5. The first-order valence-electron chi connectivity index (χ1n) is 9.73. The normalized spacial score (nSPS) is 11.9. The van der Waals surface area contributed by atoms with Crippen LogP contribution in [-0.2, 0) is 11.3 Å². The van der Waals surface area contributed by atoms with E-state index in [1.807, 2.05) is 37.5 Å². The Labute approximate surface area is 186 Å². The maximum absolute atomic E-state index is 12.3. The van der Waals surface area contributed by atoms with Crippen LogP contribution in [0.2, 0.25) is 5.02 Å². The topological polar surface area (TPSA) is 69.0 Å². The zero-order valence-corrected chi connectivity index (χ0v) is 19.0. The summed E-state index contributed by atoms with van der Waals surface area (Å²) in [5.74, 6) is 1.66. The second-order valence-corrected chi connectivity index (χ2v) is 8.27. The minimum atomic E-state index is -0.271. The fraction of sp³-hybridized carbons (Fsp3) is 0.318. The molecule has 3 rings (SSSR count). The first-order chi connectivity index (χ1) is 14.4. The molecule has 158 valence electrons. The number of thioether (sulfide) groups is 1. The molecule has 1 atom stereocenters. The van der Waals surface area contributed by atoms with Crippen molar-refractivity contribution in [3.05, 3.63) is 64.4 Å². The number of nitrogens with one attached hydrogen (secondary N) is 1. The number of aromatic nitrogens is 3. The summed E-state index contributed by atoms with van der Waals surface area (Å²) in [5, 5.41) is 12.7. The van der Waals surface area contributed by atoms with E-state index in [1.54, 1.807) is 24.3 Å². The van der Waals surface area contributed by atoms with E-state index in [9.17, 15) is 4.79 Å². The molecule has 2 aromatic carbocycles. The third kappa shape index (κ3) is 5.34. The molecule has 0 saturated heterocycles. The fourth-order valence-corrected chi connectivity index (χ4v) is 3.99. The van der Waals surface area contributed by atoms with Crippen molar-refractivity contribution >= 4 is 35.0 Å². The highest BCUT2D eigenvalue weighted by Crippen LogP contribution is 2.28. The number of hydrogen-bond donors (Lipinski definition) is 1. The van der Waals surface area contributed by atoms with Gasteiger partial charge < -0.3 is 14.6 Å². The van der Waals surface area contributed by atoms with Crippen LogP contribution in [0.15, 0.2) is 47.6 Å². The van der Waals surface area contributed by atoms with Crippen LogP contribution in [0.1, 0.15) is 36.9 Å². The van der Waals surface area contributed by atoms with Gasteiger partial charge in [0.05, 0.1) is 5.75 Å². The summed E-state index contributed by atoms with van der Waals surface area (Å²) in [5.41, 5.74) is 2.96. The molecule has 30 heavy (non-hydrogen) atoms. The third-order valence-electron chi connectivity index (χ3n) is 4.72. The number of carbonyl (C=O) groups is 1. The third-order valence-corrected chi connectivity index (χ3v) is 5.93. The number of nitrogens with zero attached hydrogens (tertiary/aromatic N) is 3. The van der Waals surface area contributed by atoms with Crippen LogP contribution in [0, 0.1) is 13.8 Å². The Bertz CT molecular complexity index is 1040. The molecule has 1 amide bonds. The van der Waals surface area contributed by atoms with Crippen LogP contribution < -0.4 is 10.1 Å². The molecule has 0 radical (unpaired) electrons. The van der Waals surface area contributed by atoms with Crippen molar-refractivity contribution in [1.29, 1.82) is 0 Å². The van der Waals surface area contributed by atoms with Gasteiger partial charge in [-0.25, -0.2) is 0 Å². The van der Waals surface area contributed by atoms with Gasteiger partial charge in [0.1, 0.15) is 5.75 Å². The second kappa shape index (κ2) is 10.00. The molecular formula is C22H25ClN4O2S. The lowest BCUT2D eigenvalue weighted by atomic mass is 10.1. The van der Waals surface area contributed by atoms with Crippen molar-refractivity contribution in [2.45, 2.75) is 45.5 Å². The van der Waals surface area contributed by atoms with Crippen LogP contribution in [0.5, 0.6) is 5.75 Å². The molecule has 0 aliphatic heterocycles. The van der Waals surface area contributed by atoms with Gasteiger partial charge in [-0.3, -0.25) is 4.79 Å². The van der Waals surface area contributed by atoms with E-state index in [2.05, 4.69) is 28.5 Å². The van der Waals surface area contributed by atoms with E-state index in [1.165, 1.54) is 17.3 Å². The van der Waals surface area contributed by atoms with Crippen molar-refractivity contribution in [2.75, 3.05) is 11.1 Å². The highest BCUT2D eigenvalue weighted by atomic mass is 35.5. The molecule has 0 spiro atoms. The smallest absolute Gasteiger partial charge is 0.234 e. The van der Waals surface area contributed by atoms with Gasteiger partial charge in [0.15, 0.2) is 17.1 Å². The molecule has 1 heterocycles. The lowest BCUT2D eigenvalue weighted by Crippen LogP contribution is -2.15.